The largest absolute Gasteiger partial charge is 0.455 e. The average Bonchev–Trinajstić information content (AvgIpc) is 3.13. The summed E-state index contributed by atoms with van der Waals surface area (Å²) in [5.41, 5.74) is 12.2. The molecule has 3 nitrogen and oxygen atoms in total. The lowest BCUT2D eigenvalue weighted by atomic mass is 9.98. The number of furan rings is 1. The van der Waals surface area contributed by atoms with Crippen molar-refractivity contribution in [2.75, 3.05) is 5.73 Å². The van der Waals surface area contributed by atoms with Crippen molar-refractivity contribution in [2.45, 2.75) is 0 Å². The maximum absolute atomic E-state index is 8.74. The number of rotatable bonds is 3. The Morgan fingerprint density at radius 2 is 1.29 bits per heavy atom. The first-order chi connectivity index (χ1) is 13.7. The second-order valence-electron chi connectivity index (χ2n) is 6.79. The third kappa shape index (κ3) is 2.48. The number of benzene rings is 4. The molecule has 0 radical (unpaired) electrons. The molecule has 0 fully saturated rings. The zero-order valence-electron chi connectivity index (χ0n) is 15.1. The fourth-order valence-electron chi connectivity index (χ4n) is 3.73. The van der Waals surface area contributed by atoms with E-state index >= 15 is 0 Å². The Balaban J connectivity index is 1.78. The highest BCUT2D eigenvalue weighted by Gasteiger charge is 2.18. The van der Waals surface area contributed by atoms with E-state index in [4.69, 9.17) is 15.6 Å². The van der Waals surface area contributed by atoms with E-state index in [1.165, 1.54) is 0 Å². The Labute approximate surface area is 162 Å². The van der Waals surface area contributed by atoms with Crippen molar-refractivity contribution in [3.63, 3.8) is 0 Å². The molecule has 0 atom stereocenters. The summed E-state index contributed by atoms with van der Waals surface area (Å²) >= 11 is 0. The van der Waals surface area contributed by atoms with Crippen LogP contribution in [0.5, 0.6) is 0 Å². The fraction of sp³-hybridized carbons (Fsp3) is 0. The van der Waals surface area contributed by atoms with Crippen LogP contribution in [0.2, 0.25) is 0 Å². The number of fused-ring (bicyclic) bond motifs is 3. The van der Waals surface area contributed by atoms with Crippen molar-refractivity contribution < 1.29 is 4.42 Å². The van der Waals surface area contributed by atoms with Crippen LogP contribution >= 0.6 is 0 Å². The Morgan fingerprint density at radius 1 is 0.643 bits per heavy atom. The molecule has 28 heavy (non-hydrogen) atoms. The van der Waals surface area contributed by atoms with E-state index in [-0.39, 0.29) is 0 Å². The summed E-state index contributed by atoms with van der Waals surface area (Å²) in [4.78, 5) is 0. The molecule has 1 heterocycles. The molecule has 5 aromatic rings. The van der Waals surface area contributed by atoms with Gasteiger partial charge in [0.1, 0.15) is 11.2 Å². The molecule has 134 valence electrons. The van der Waals surface area contributed by atoms with Gasteiger partial charge in [-0.3, -0.25) is 5.41 Å². The van der Waals surface area contributed by atoms with Crippen molar-refractivity contribution in [1.82, 2.24) is 0 Å². The maximum Gasteiger partial charge on any atom is 0.144 e. The molecule has 0 saturated heterocycles. The summed E-state index contributed by atoms with van der Waals surface area (Å²) in [5, 5.41) is 10.8. The predicted octanol–water partition coefficient (Wildman–Crippen LogP) is 6.25. The second-order valence-corrected chi connectivity index (χ2v) is 6.79. The van der Waals surface area contributed by atoms with Crippen LogP contribution in [-0.4, -0.2) is 5.71 Å². The van der Waals surface area contributed by atoms with Crippen LogP contribution < -0.4 is 5.73 Å². The number of para-hydroxylation sites is 3. The van der Waals surface area contributed by atoms with E-state index in [2.05, 4.69) is 24.3 Å². The smallest absolute Gasteiger partial charge is 0.144 e. The van der Waals surface area contributed by atoms with Gasteiger partial charge in [-0.25, -0.2) is 0 Å². The molecule has 0 aliphatic carbocycles. The van der Waals surface area contributed by atoms with Gasteiger partial charge in [0.25, 0.3) is 0 Å². The first-order valence-corrected chi connectivity index (χ1v) is 9.17. The molecule has 0 unspecified atom stereocenters. The Hall–Kier alpha value is -3.85. The fourth-order valence-corrected chi connectivity index (χ4v) is 3.73. The van der Waals surface area contributed by atoms with Crippen molar-refractivity contribution in [3.8, 4) is 11.1 Å². The quantitative estimate of drug-likeness (QED) is 0.294. The van der Waals surface area contributed by atoms with Crippen LogP contribution in [0.3, 0.4) is 0 Å². The van der Waals surface area contributed by atoms with Gasteiger partial charge >= 0.3 is 0 Å². The van der Waals surface area contributed by atoms with E-state index in [1.54, 1.807) is 0 Å². The van der Waals surface area contributed by atoms with Gasteiger partial charge in [-0.1, -0.05) is 78.9 Å². The van der Waals surface area contributed by atoms with Crippen molar-refractivity contribution >= 4 is 33.3 Å². The molecule has 3 N–H and O–H groups in total. The Bertz CT molecular complexity index is 1330. The molecule has 0 aliphatic heterocycles. The average molecular weight is 362 g/mol. The topological polar surface area (TPSA) is 63.0 Å². The van der Waals surface area contributed by atoms with E-state index < -0.39 is 0 Å². The molecule has 0 bridgehead atoms. The van der Waals surface area contributed by atoms with Gasteiger partial charge in [0.15, 0.2) is 0 Å². The molecular weight excluding hydrogens is 344 g/mol. The first kappa shape index (κ1) is 16.3. The minimum Gasteiger partial charge on any atom is -0.455 e. The molecule has 1 aromatic heterocycles. The van der Waals surface area contributed by atoms with Crippen molar-refractivity contribution in [2.24, 2.45) is 0 Å². The summed E-state index contributed by atoms with van der Waals surface area (Å²) in [7, 11) is 0. The Kier molecular flexibility index (Phi) is 3.73. The summed E-state index contributed by atoms with van der Waals surface area (Å²) in [6.45, 7) is 0. The lowest BCUT2D eigenvalue weighted by Gasteiger charge is -2.08. The zero-order valence-corrected chi connectivity index (χ0v) is 15.1. The Morgan fingerprint density at radius 3 is 2.07 bits per heavy atom. The molecule has 0 spiro atoms. The number of nitrogen functional groups attached to an aromatic ring is 1. The molecular formula is C25H18N2O. The van der Waals surface area contributed by atoms with Gasteiger partial charge in [0.05, 0.1) is 5.71 Å². The normalized spacial score (nSPS) is 11.1. The highest BCUT2D eigenvalue weighted by molar-refractivity contribution is 6.22. The van der Waals surface area contributed by atoms with Crippen LogP contribution in [0.1, 0.15) is 11.1 Å². The number of nitrogens with one attached hydrogen (secondary N) is 1. The van der Waals surface area contributed by atoms with Gasteiger partial charge in [-0.05, 0) is 17.7 Å². The summed E-state index contributed by atoms with van der Waals surface area (Å²) in [6, 6.07) is 29.8. The van der Waals surface area contributed by atoms with Crippen LogP contribution in [0.15, 0.2) is 95.4 Å². The predicted molar refractivity (Wildman–Crippen MR) is 116 cm³/mol. The van der Waals surface area contributed by atoms with Gasteiger partial charge in [0, 0.05) is 33.2 Å². The zero-order chi connectivity index (χ0) is 19.1. The first-order valence-electron chi connectivity index (χ1n) is 9.17. The lowest BCUT2D eigenvalue weighted by Crippen LogP contribution is -2.05. The number of hydrogen-bond donors (Lipinski definition) is 2. The highest BCUT2D eigenvalue weighted by atomic mass is 16.3. The SMILES string of the molecule is N=C(c1ccccc1N)c1cccc2c1oc1c(-c3ccccc3)cccc12. The van der Waals surface area contributed by atoms with Crippen LogP contribution in [0.4, 0.5) is 5.69 Å². The van der Waals surface area contributed by atoms with E-state index in [0.717, 1.165) is 33.0 Å². The molecule has 0 aliphatic rings. The summed E-state index contributed by atoms with van der Waals surface area (Å²) in [6.07, 6.45) is 0. The third-order valence-electron chi connectivity index (χ3n) is 5.11. The number of anilines is 1. The summed E-state index contributed by atoms with van der Waals surface area (Å²) in [5.74, 6) is 0. The molecule has 0 amide bonds. The molecule has 5 rings (SSSR count). The minimum atomic E-state index is 0.365. The van der Waals surface area contributed by atoms with Gasteiger partial charge < -0.3 is 10.2 Å². The van der Waals surface area contributed by atoms with Crippen molar-refractivity contribution in [3.05, 3.63) is 102 Å². The van der Waals surface area contributed by atoms with Gasteiger partial charge in [0.2, 0.25) is 0 Å². The number of hydrogen-bond acceptors (Lipinski definition) is 3. The molecule has 3 heteroatoms. The van der Waals surface area contributed by atoms with Crippen LogP contribution in [-0.2, 0) is 0 Å². The molecule has 0 saturated carbocycles. The summed E-state index contributed by atoms with van der Waals surface area (Å²) < 4.78 is 6.37. The van der Waals surface area contributed by atoms with Gasteiger partial charge in [-0.2, -0.15) is 0 Å². The van der Waals surface area contributed by atoms with E-state index in [1.807, 2.05) is 66.7 Å². The minimum absolute atomic E-state index is 0.365. The van der Waals surface area contributed by atoms with E-state index in [9.17, 15) is 0 Å². The highest BCUT2D eigenvalue weighted by Crippen LogP contribution is 2.37. The van der Waals surface area contributed by atoms with E-state index in [0.29, 0.717) is 22.5 Å². The lowest BCUT2D eigenvalue weighted by molar-refractivity contribution is 0.669. The number of nitrogens with two attached hydrogens (primary N) is 1. The standard InChI is InChI=1S/C25H18N2O/c26-22-15-5-4-10-20(22)23(27)21-14-7-13-19-18-12-6-11-17(24(18)28-25(19)21)16-8-2-1-3-9-16/h1-15,27H,26H2. The maximum atomic E-state index is 8.74. The van der Waals surface area contributed by atoms with Crippen molar-refractivity contribution in [1.29, 1.82) is 5.41 Å². The van der Waals surface area contributed by atoms with Crippen LogP contribution in [0, 0.1) is 5.41 Å². The van der Waals surface area contributed by atoms with Crippen LogP contribution in [0.25, 0.3) is 33.1 Å². The molecule has 4 aromatic carbocycles. The van der Waals surface area contributed by atoms with Gasteiger partial charge in [-0.15, -0.1) is 0 Å². The third-order valence-corrected chi connectivity index (χ3v) is 5.11. The second kappa shape index (κ2) is 6.39. The monoisotopic (exact) mass is 362 g/mol.